The van der Waals surface area contributed by atoms with E-state index in [9.17, 15) is 14.4 Å². The van der Waals surface area contributed by atoms with Gasteiger partial charge in [-0.05, 0) is 49.4 Å². The molecule has 36 heavy (non-hydrogen) atoms. The molecule has 8 heteroatoms. The Kier molecular flexibility index (Phi) is 6.81. The highest BCUT2D eigenvalue weighted by Crippen LogP contribution is 2.55. The molecule has 194 valence electrons. The first-order valence-corrected chi connectivity index (χ1v) is 13.3. The van der Waals surface area contributed by atoms with Crippen molar-refractivity contribution in [3.8, 4) is 5.75 Å². The standard InChI is InChI=1S/C28H37N3O5/c1-17(2)14-16-31-24(26(33)30-18-7-5-4-6-8-18)28-15-13-21(36-28)22(23(28)27(31)34)25(32)29-19-9-11-20(35-3)12-10-19/h9-13,15,17-18,21-24H,4-8,14,16H2,1-3H3,(H,29,32)(H,30,33)/t21-,22+,23-,24-,28-/m1/s1. The fourth-order valence-electron chi connectivity index (χ4n) is 6.33. The number of anilines is 1. The van der Waals surface area contributed by atoms with Gasteiger partial charge >= 0.3 is 0 Å². The Balaban J connectivity index is 1.41. The predicted molar refractivity (Wildman–Crippen MR) is 135 cm³/mol. The number of rotatable bonds is 8. The summed E-state index contributed by atoms with van der Waals surface area (Å²) in [5.74, 6) is -0.953. The lowest BCUT2D eigenvalue weighted by Crippen LogP contribution is -2.56. The fraction of sp³-hybridized carbons (Fsp3) is 0.607. The normalized spacial score (nSPS) is 31.1. The van der Waals surface area contributed by atoms with E-state index in [2.05, 4.69) is 24.5 Å². The summed E-state index contributed by atoms with van der Waals surface area (Å²) in [6, 6.07) is 6.43. The van der Waals surface area contributed by atoms with Crippen molar-refractivity contribution < 1.29 is 23.9 Å². The van der Waals surface area contributed by atoms with Crippen molar-refractivity contribution in [3.05, 3.63) is 36.4 Å². The molecular formula is C28H37N3O5. The summed E-state index contributed by atoms with van der Waals surface area (Å²) < 4.78 is 11.6. The molecule has 3 aliphatic heterocycles. The Morgan fingerprint density at radius 3 is 2.53 bits per heavy atom. The molecule has 0 aromatic heterocycles. The largest absolute Gasteiger partial charge is 0.497 e. The molecule has 1 saturated carbocycles. The Morgan fingerprint density at radius 2 is 1.86 bits per heavy atom. The van der Waals surface area contributed by atoms with Crippen molar-refractivity contribution in [2.45, 2.75) is 76.2 Å². The van der Waals surface area contributed by atoms with E-state index < -0.39 is 29.6 Å². The van der Waals surface area contributed by atoms with Crippen LogP contribution in [0, 0.1) is 17.8 Å². The number of hydrogen-bond donors (Lipinski definition) is 2. The highest BCUT2D eigenvalue weighted by molar-refractivity contribution is 6.02. The predicted octanol–water partition coefficient (Wildman–Crippen LogP) is 3.28. The minimum absolute atomic E-state index is 0.125. The molecule has 1 spiro atoms. The van der Waals surface area contributed by atoms with Gasteiger partial charge in [0.2, 0.25) is 17.7 Å². The lowest BCUT2D eigenvalue weighted by atomic mass is 9.74. The van der Waals surface area contributed by atoms with Gasteiger partial charge in [0, 0.05) is 18.3 Å². The number of carbonyl (C=O) groups is 3. The first-order chi connectivity index (χ1) is 17.3. The molecular weight excluding hydrogens is 458 g/mol. The number of likely N-dealkylation sites (tertiary alicyclic amines) is 1. The van der Waals surface area contributed by atoms with Crippen molar-refractivity contribution in [1.29, 1.82) is 0 Å². The Hall–Kier alpha value is -2.87. The average molecular weight is 496 g/mol. The molecule has 2 bridgehead atoms. The first-order valence-electron chi connectivity index (χ1n) is 13.3. The summed E-state index contributed by atoms with van der Waals surface area (Å²) >= 11 is 0. The highest BCUT2D eigenvalue weighted by Gasteiger charge is 2.72. The number of benzene rings is 1. The van der Waals surface area contributed by atoms with Gasteiger partial charge < -0.3 is 25.0 Å². The molecule has 0 unspecified atom stereocenters. The summed E-state index contributed by atoms with van der Waals surface area (Å²) in [5, 5.41) is 6.17. The van der Waals surface area contributed by atoms with E-state index in [0.29, 0.717) is 23.9 Å². The number of nitrogens with zero attached hydrogens (tertiary/aromatic N) is 1. The topological polar surface area (TPSA) is 97.0 Å². The van der Waals surface area contributed by atoms with Crippen LogP contribution in [-0.2, 0) is 19.1 Å². The smallest absolute Gasteiger partial charge is 0.246 e. The van der Waals surface area contributed by atoms with Gasteiger partial charge in [-0.15, -0.1) is 0 Å². The first kappa shape index (κ1) is 24.8. The number of methoxy groups -OCH3 is 1. The second-order valence-electron chi connectivity index (χ2n) is 11.0. The third-order valence-corrected chi connectivity index (χ3v) is 8.18. The second-order valence-corrected chi connectivity index (χ2v) is 11.0. The lowest BCUT2D eigenvalue weighted by molar-refractivity contribution is -0.141. The molecule has 1 aromatic carbocycles. The zero-order chi connectivity index (χ0) is 25.4. The maximum atomic E-state index is 13.9. The van der Waals surface area contributed by atoms with E-state index >= 15 is 0 Å². The lowest BCUT2D eigenvalue weighted by Gasteiger charge is -2.34. The van der Waals surface area contributed by atoms with E-state index in [1.807, 2.05) is 12.2 Å². The zero-order valence-corrected chi connectivity index (χ0v) is 21.4. The number of fused-ring (bicyclic) bond motifs is 1. The fourth-order valence-corrected chi connectivity index (χ4v) is 6.33. The molecule has 1 aromatic rings. The van der Waals surface area contributed by atoms with Gasteiger partial charge in [-0.1, -0.05) is 45.3 Å². The molecule has 3 amide bonds. The number of carbonyl (C=O) groups excluding carboxylic acids is 3. The molecule has 5 atom stereocenters. The van der Waals surface area contributed by atoms with E-state index in [4.69, 9.17) is 9.47 Å². The summed E-state index contributed by atoms with van der Waals surface area (Å²) in [5.41, 5.74) is -0.491. The Morgan fingerprint density at radius 1 is 1.14 bits per heavy atom. The molecule has 0 radical (unpaired) electrons. The minimum Gasteiger partial charge on any atom is -0.497 e. The van der Waals surface area contributed by atoms with Crippen LogP contribution in [-0.4, -0.2) is 60.1 Å². The summed E-state index contributed by atoms with van der Waals surface area (Å²) in [4.78, 5) is 42.8. The van der Waals surface area contributed by atoms with Crippen molar-refractivity contribution in [3.63, 3.8) is 0 Å². The number of amides is 3. The average Bonchev–Trinajstić information content (AvgIpc) is 3.51. The van der Waals surface area contributed by atoms with Gasteiger partial charge in [0.1, 0.15) is 17.4 Å². The SMILES string of the molecule is COc1ccc(NC(=O)[C@H]2[C@H]3C=C[C@@]4(O3)[C@H]2C(=O)N(CCC(C)C)[C@@H]4C(=O)NC2CCCCC2)cc1. The number of ether oxygens (including phenoxy) is 2. The maximum absolute atomic E-state index is 13.9. The Bertz CT molecular complexity index is 1030. The quantitative estimate of drug-likeness (QED) is 0.540. The highest BCUT2D eigenvalue weighted by atomic mass is 16.5. The van der Waals surface area contributed by atoms with Crippen LogP contribution in [0.5, 0.6) is 5.75 Å². The van der Waals surface area contributed by atoms with Crippen molar-refractivity contribution in [2.75, 3.05) is 19.0 Å². The van der Waals surface area contributed by atoms with Crippen LogP contribution in [0.25, 0.3) is 0 Å². The summed E-state index contributed by atoms with van der Waals surface area (Å²) in [6.07, 6.45) is 9.29. The van der Waals surface area contributed by atoms with Gasteiger partial charge in [-0.3, -0.25) is 14.4 Å². The maximum Gasteiger partial charge on any atom is 0.246 e. The monoisotopic (exact) mass is 495 g/mol. The van der Waals surface area contributed by atoms with Crippen molar-refractivity contribution >= 4 is 23.4 Å². The molecule has 2 N–H and O–H groups in total. The van der Waals surface area contributed by atoms with Gasteiger partial charge in [0.25, 0.3) is 0 Å². The van der Waals surface area contributed by atoms with Gasteiger partial charge in [-0.2, -0.15) is 0 Å². The van der Waals surface area contributed by atoms with E-state index in [-0.39, 0.29) is 23.8 Å². The van der Waals surface area contributed by atoms with Crippen LogP contribution in [0.2, 0.25) is 0 Å². The van der Waals surface area contributed by atoms with Crippen molar-refractivity contribution in [2.24, 2.45) is 17.8 Å². The summed E-state index contributed by atoms with van der Waals surface area (Å²) in [7, 11) is 1.59. The van der Waals surface area contributed by atoms with Gasteiger partial charge in [-0.25, -0.2) is 0 Å². The van der Waals surface area contributed by atoms with Gasteiger partial charge in [0.05, 0.1) is 25.0 Å². The van der Waals surface area contributed by atoms with Crippen LogP contribution in [0.15, 0.2) is 36.4 Å². The van der Waals surface area contributed by atoms with Crippen molar-refractivity contribution in [1.82, 2.24) is 10.2 Å². The third-order valence-electron chi connectivity index (χ3n) is 8.18. The van der Waals surface area contributed by atoms with Crippen LogP contribution in [0.3, 0.4) is 0 Å². The Labute approximate surface area is 212 Å². The molecule has 3 heterocycles. The summed E-state index contributed by atoms with van der Waals surface area (Å²) in [6.45, 7) is 4.67. The molecule has 5 rings (SSSR count). The van der Waals surface area contributed by atoms with Gasteiger partial charge in [0.15, 0.2) is 0 Å². The van der Waals surface area contributed by atoms with Crippen LogP contribution < -0.4 is 15.4 Å². The van der Waals surface area contributed by atoms with E-state index in [0.717, 1.165) is 32.1 Å². The van der Waals surface area contributed by atoms with Crippen LogP contribution in [0.4, 0.5) is 5.69 Å². The minimum atomic E-state index is -1.11. The second kappa shape index (κ2) is 9.88. The van der Waals surface area contributed by atoms with Crippen LogP contribution in [0.1, 0.15) is 52.4 Å². The molecule has 2 saturated heterocycles. The molecule has 3 fully saturated rings. The number of hydrogen-bond acceptors (Lipinski definition) is 5. The third kappa shape index (κ3) is 4.29. The van der Waals surface area contributed by atoms with E-state index in [1.54, 1.807) is 36.3 Å². The molecule has 1 aliphatic carbocycles. The molecule has 8 nitrogen and oxygen atoms in total. The molecule has 4 aliphatic rings. The zero-order valence-electron chi connectivity index (χ0n) is 21.4. The van der Waals surface area contributed by atoms with E-state index in [1.165, 1.54) is 6.42 Å². The number of nitrogens with one attached hydrogen (secondary N) is 2. The van der Waals surface area contributed by atoms with Crippen LogP contribution >= 0.6 is 0 Å².